The van der Waals surface area contributed by atoms with Crippen LogP contribution < -0.4 is 4.72 Å². The van der Waals surface area contributed by atoms with Crippen LogP contribution in [-0.2, 0) is 14.8 Å². The lowest BCUT2D eigenvalue weighted by atomic mass is 9.92. The Morgan fingerprint density at radius 1 is 0.882 bits per heavy atom. The number of para-hydroxylation sites is 1. The number of sulfonamides is 1. The maximum Gasteiger partial charge on any atom is 0.261 e. The van der Waals surface area contributed by atoms with Gasteiger partial charge in [-0.05, 0) is 68.0 Å². The first-order valence-electron chi connectivity index (χ1n) is 11.7. The van der Waals surface area contributed by atoms with Gasteiger partial charge in [0.15, 0.2) is 0 Å². The molecule has 0 atom stereocenters. The van der Waals surface area contributed by atoms with Gasteiger partial charge < -0.3 is 9.80 Å². The lowest BCUT2D eigenvalue weighted by Gasteiger charge is -2.37. The molecule has 182 valence electrons. The highest BCUT2D eigenvalue weighted by molar-refractivity contribution is 7.92. The van der Waals surface area contributed by atoms with Crippen LogP contribution in [0.2, 0.25) is 0 Å². The highest BCUT2D eigenvalue weighted by atomic mass is 32.2. The molecule has 0 bridgehead atoms. The predicted molar refractivity (Wildman–Crippen MR) is 127 cm³/mol. The predicted octanol–water partition coefficient (Wildman–Crippen LogP) is 3.74. The summed E-state index contributed by atoms with van der Waals surface area (Å²) >= 11 is 0. The van der Waals surface area contributed by atoms with E-state index in [2.05, 4.69) is 11.6 Å². The zero-order valence-electron chi connectivity index (χ0n) is 19.2. The van der Waals surface area contributed by atoms with Crippen molar-refractivity contribution < 1.29 is 22.4 Å². The van der Waals surface area contributed by atoms with Crippen molar-refractivity contribution >= 4 is 27.5 Å². The van der Waals surface area contributed by atoms with E-state index in [4.69, 9.17) is 0 Å². The van der Waals surface area contributed by atoms with E-state index in [1.807, 2.05) is 4.90 Å². The number of carbonyl (C=O) groups excluding carboxylic acids is 2. The lowest BCUT2D eigenvalue weighted by Crippen LogP contribution is -2.46. The molecule has 1 N–H and O–H groups in total. The smallest absolute Gasteiger partial charge is 0.261 e. The third kappa shape index (κ3) is 5.41. The molecular weight excluding hydrogens is 457 g/mol. The molecule has 2 aromatic carbocycles. The molecule has 2 aliphatic rings. The largest absolute Gasteiger partial charge is 0.342 e. The number of nitrogens with one attached hydrogen (secondary N) is 1. The van der Waals surface area contributed by atoms with Crippen LogP contribution in [-0.4, -0.2) is 56.2 Å². The monoisotopic (exact) mass is 487 g/mol. The molecule has 34 heavy (non-hydrogen) atoms. The Labute approximate surface area is 200 Å². The molecule has 0 aliphatic carbocycles. The van der Waals surface area contributed by atoms with Gasteiger partial charge in [-0.2, -0.15) is 0 Å². The lowest BCUT2D eigenvalue weighted by molar-refractivity contribution is -0.138. The van der Waals surface area contributed by atoms with Crippen LogP contribution in [0.4, 0.5) is 10.1 Å². The number of halogens is 1. The normalized spacial score (nSPS) is 18.1. The zero-order valence-corrected chi connectivity index (χ0v) is 20.1. The van der Waals surface area contributed by atoms with Crippen LogP contribution in [0.1, 0.15) is 43.0 Å². The maximum atomic E-state index is 13.2. The van der Waals surface area contributed by atoms with Crippen molar-refractivity contribution in [1.29, 1.82) is 0 Å². The number of hydrogen-bond acceptors (Lipinski definition) is 4. The summed E-state index contributed by atoms with van der Waals surface area (Å²) in [4.78, 5) is 29.7. The van der Waals surface area contributed by atoms with Crippen molar-refractivity contribution in [3.63, 3.8) is 0 Å². The Balaban J connectivity index is 1.41. The molecule has 2 aliphatic heterocycles. The first-order valence-corrected chi connectivity index (χ1v) is 13.2. The number of rotatable bonds is 5. The number of nitrogens with zero attached hydrogens (tertiary/aromatic N) is 2. The van der Waals surface area contributed by atoms with Crippen molar-refractivity contribution in [3.8, 4) is 0 Å². The molecule has 9 heteroatoms. The van der Waals surface area contributed by atoms with E-state index in [0.29, 0.717) is 31.8 Å². The van der Waals surface area contributed by atoms with Gasteiger partial charge in [0.2, 0.25) is 5.91 Å². The molecule has 2 fully saturated rings. The minimum atomic E-state index is -3.99. The second-order valence-corrected chi connectivity index (χ2v) is 10.9. The fourth-order valence-corrected chi connectivity index (χ4v) is 5.64. The van der Waals surface area contributed by atoms with Gasteiger partial charge in [0.05, 0.1) is 16.1 Å². The van der Waals surface area contributed by atoms with E-state index >= 15 is 0 Å². The minimum Gasteiger partial charge on any atom is -0.342 e. The summed E-state index contributed by atoms with van der Waals surface area (Å²) < 4.78 is 41.1. The topological polar surface area (TPSA) is 86.8 Å². The quantitative estimate of drug-likeness (QED) is 0.696. The molecule has 2 heterocycles. The van der Waals surface area contributed by atoms with Crippen molar-refractivity contribution in [2.75, 3.05) is 30.9 Å². The fraction of sp³-hybridized carbons (Fsp3) is 0.440. The average Bonchev–Trinajstić information content (AvgIpc) is 2.84. The maximum absolute atomic E-state index is 13.2. The van der Waals surface area contributed by atoms with Gasteiger partial charge in [0.25, 0.3) is 15.9 Å². The Hall–Kier alpha value is -2.94. The SMILES string of the molecule is CC1CCN(C(=O)C2CCN(C(=O)c3ccccc3NS(=O)(=O)c3ccc(F)cc3)CC2)CC1. The van der Waals surface area contributed by atoms with Crippen LogP contribution in [0.15, 0.2) is 53.4 Å². The summed E-state index contributed by atoms with van der Waals surface area (Å²) in [5.74, 6) is -0.0541. The average molecular weight is 488 g/mol. The van der Waals surface area contributed by atoms with Gasteiger partial charge in [-0.1, -0.05) is 19.1 Å². The molecule has 0 spiro atoms. The van der Waals surface area contributed by atoms with Crippen LogP contribution in [0, 0.1) is 17.7 Å². The molecule has 0 aromatic heterocycles. The minimum absolute atomic E-state index is 0.0790. The Morgan fingerprint density at radius 3 is 2.12 bits per heavy atom. The van der Waals surface area contributed by atoms with Crippen LogP contribution in [0.3, 0.4) is 0 Å². The van der Waals surface area contributed by atoms with E-state index in [1.165, 1.54) is 18.2 Å². The zero-order chi connectivity index (χ0) is 24.3. The van der Waals surface area contributed by atoms with Crippen LogP contribution >= 0.6 is 0 Å². The van der Waals surface area contributed by atoms with E-state index in [0.717, 1.165) is 38.1 Å². The first-order chi connectivity index (χ1) is 16.2. The first kappa shape index (κ1) is 24.2. The molecule has 0 saturated carbocycles. The van der Waals surface area contributed by atoms with Gasteiger partial charge >= 0.3 is 0 Å². The molecule has 2 saturated heterocycles. The molecule has 2 amide bonds. The van der Waals surface area contributed by atoms with E-state index in [9.17, 15) is 22.4 Å². The van der Waals surface area contributed by atoms with E-state index in [1.54, 1.807) is 23.1 Å². The fourth-order valence-electron chi connectivity index (χ4n) is 4.56. The number of benzene rings is 2. The Bertz CT molecular complexity index is 1140. The summed E-state index contributed by atoms with van der Waals surface area (Å²) in [7, 11) is -3.99. The van der Waals surface area contributed by atoms with Crippen molar-refractivity contribution in [1.82, 2.24) is 9.80 Å². The number of hydrogen-bond donors (Lipinski definition) is 1. The number of piperidine rings is 2. The summed E-state index contributed by atoms with van der Waals surface area (Å²) in [6.45, 7) is 4.71. The van der Waals surface area contributed by atoms with Gasteiger partial charge in [-0.3, -0.25) is 14.3 Å². The third-order valence-corrected chi connectivity index (χ3v) is 8.13. The molecule has 4 rings (SSSR count). The third-order valence-electron chi connectivity index (χ3n) is 6.75. The number of anilines is 1. The van der Waals surface area contributed by atoms with Crippen molar-refractivity contribution in [3.05, 3.63) is 59.9 Å². The highest BCUT2D eigenvalue weighted by Gasteiger charge is 2.32. The number of carbonyl (C=O) groups is 2. The molecule has 2 aromatic rings. The molecular formula is C25H30FN3O4S. The van der Waals surface area contributed by atoms with Crippen molar-refractivity contribution in [2.24, 2.45) is 11.8 Å². The van der Waals surface area contributed by atoms with Crippen LogP contribution in [0.5, 0.6) is 0 Å². The van der Waals surface area contributed by atoms with E-state index < -0.39 is 15.8 Å². The van der Waals surface area contributed by atoms with Gasteiger partial charge in [-0.15, -0.1) is 0 Å². The number of likely N-dealkylation sites (tertiary alicyclic amines) is 2. The highest BCUT2D eigenvalue weighted by Crippen LogP contribution is 2.27. The summed E-state index contributed by atoms with van der Waals surface area (Å²) in [6, 6.07) is 10.9. The summed E-state index contributed by atoms with van der Waals surface area (Å²) in [5.41, 5.74) is 0.403. The summed E-state index contributed by atoms with van der Waals surface area (Å²) in [6.07, 6.45) is 3.27. The van der Waals surface area contributed by atoms with Crippen LogP contribution in [0.25, 0.3) is 0 Å². The van der Waals surface area contributed by atoms with Crippen molar-refractivity contribution in [2.45, 2.75) is 37.5 Å². The Morgan fingerprint density at radius 2 is 1.47 bits per heavy atom. The molecule has 0 unspecified atom stereocenters. The van der Waals surface area contributed by atoms with E-state index in [-0.39, 0.29) is 33.9 Å². The molecule has 0 radical (unpaired) electrons. The van der Waals surface area contributed by atoms with Gasteiger partial charge in [0, 0.05) is 32.1 Å². The summed E-state index contributed by atoms with van der Waals surface area (Å²) in [5, 5.41) is 0. The standard InChI is InChI=1S/C25H30FN3O4S/c1-18-10-14-28(15-11-18)24(30)19-12-16-29(17-13-19)25(31)22-4-2-3-5-23(22)27-34(32,33)21-8-6-20(26)7-9-21/h2-9,18-19,27H,10-17H2,1H3. The second kappa shape index (κ2) is 10.1. The number of amides is 2. The second-order valence-electron chi connectivity index (χ2n) is 9.18. The molecule has 7 nitrogen and oxygen atoms in total. The van der Waals surface area contributed by atoms with Gasteiger partial charge in [-0.25, -0.2) is 12.8 Å². The van der Waals surface area contributed by atoms with Gasteiger partial charge in [0.1, 0.15) is 5.82 Å². The Kier molecular flexibility index (Phi) is 7.21.